The van der Waals surface area contributed by atoms with Gasteiger partial charge in [-0.2, -0.15) is 0 Å². The van der Waals surface area contributed by atoms with Crippen molar-refractivity contribution >= 4 is 17.3 Å². The Bertz CT molecular complexity index is 415. The van der Waals surface area contributed by atoms with Crippen molar-refractivity contribution in [1.29, 1.82) is 0 Å². The molecule has 0 spiro atoms. The van der Waals surface area contributed by atoms with Crippen molar-refractivity contribution in [1.82, 2.24) is 9.80 Å². The Morgan fingerprint density at radius 2 is 2.17 bits per heavy atom. The predicted octanol–water partition coefficient (Wildman–Crippen LogP) is 2.20. The summed E-state index contributed by atoms with van der Waals surface area (Å²) in [6.45, 7) is 5.64. The van der Waals surface area contributed by atoms with Crippen LogP contribution in [0.4, 0.5) is 5.69 Å². The lowest BCUT2D eigenvalue weighted by molar-refractivity contribution is 0.0995. The molecule has 0 amide bonds. The summed E-state index contributed by atoms with van der Waals surface area (Å²) < 4.78 is 0. The monoisotopic (exact) mass is 265 g/mol. The van der Waals surface area contributed by atoms with Gasteiger partial charge in [0.15, 0.2) is 0 Å². The van der Waals surface area contributed by atoms with Crippen LogP contribution in [0.15, 0.2) is 18.2 Å². The Kier molecular flexibility index (Phi) is 3.46. The van der Waals surface area contributed by atoms with Crippen LogP contribution in [0.2, 0.25) is 5.02 Å². The van der Waals surface area contributed by atoms with E-state index in [-0.39, 0.29) is 0 Å². The summed E-state index contributed by atoms with van der Waals surface area (Å²) in [4.78, 5) is 5.11. The van der Waals surface area contributed by atoms with Crippen LogP contribution in [-0.2, 0) is 6.54 Å². The summed E-state index contributed by atoms with van der Waals surface area (Å²) in [5.41, 5.74) is 7.93. The van der Waals surface area contributed by atoms with Crippen molar-refractivity contribution in [3.8, 4) is 0 Å². The molecule has 2 heterocycles. The number of piperazine rings is 1. The van der Waals surface area contributed by atoms with E-state index in [4.69, 9.17) is 17.3 Å². The van der Waals surface area contributed by atoms with Gasteiger partial charge in [-0.1, -0.05) is 17.7 Å². The summed E-state index contributed by atoms with van der Waals surface area (Å²) in [5, 5.41) is 0.795. The Labute approximate surface area is 114 Å². The molecule has 0 aromatic heterocycles. The molecular formula is C14H20ClN3. The lowest BCUT2D eigenvalue weighted by Gasteiger charge is -2.37. The smallest absolute Gasteiger partial charge is 0.0471 e. The number of nitrogens with zero attached hydrogens (tertiary/aromatic N) is 2. The maximum Gasteiger partial charge on any atom is 0.0471 e. The number of benzene rings is 1. The molecule has 0 saturated carbocycles. The number of anilines is 1. The van der Waals surface area contributed by atoms with Crippen molar-refractivity contribution in [2.45, 2.75) is 25.4 Å². The summed E-state index contributed by atoms with van der Waals surface area (Å²) in [6.07, 6.45) is 2.70. The average molecular weight is 266 g/mol. The van der Waals surface area contributed by atoms with Crippen molar-refractivity contribution in [3.63, 3.8) is 0 Å². The molecular weight excluding hydrogens is 246 g/mol. The molecule has 2 N–H and O–H groups in total. The van der Waals surface area contributed by atoms with E-state index < -0.39 is 0 Å². The van der Waals surface area contributed by atoms with E-state index in [1.165, 1.54) is 25.9 Å². The Morgan fingerprint density at radius 3 is 3.00 bits per heavy atom. The third-order valence-corrected chi connectivity index (χ3v) is 4.56. The van der Waals surface area contributed by atoms with Crippen LogP contribution in [0.5, 0.6) is 0 Å². The second-order valence-electron chi connectivity index (χ2n) is 5.37. The molecule has 2 aliphatic heterocycles. The first kappa shape index (κ1) is 12.3. The van der Waals surface area contributed by atoms with Gasteiger partial charge in [-0.3, -0.25) is 9.80 Å². The number of nitrogen functional groups attached to an aromatic ring is 1. The Balaban J connectivity index is 1.69. The van der Waals surface area contributed by atoms with Crippen LogP contribution in [0.25, 0.3) is 0 Å². The van der Waals surface area contributed by atoms with Gasteiger partial charge in [0.25, 0.3) is 0 Å². The third-order valence-electron chi connectivity index (χ3n) is 4.21. The highest BCUT2D eigenvalue weighted by Crippen LogP contribution is 2.27. The van der Waals surface area contributed by atoms with Gasteiger partial charge < -0.3 is 5.73 Å². The van der Waals surface area contributed by atoms with Gasteiger partial charge in [0, 0.05) is 48.5 Å². The Hall–Kier alpha value is -0.770. The van der Waals surface area contributed by atoms with Crippen LogP contribution in [-0.4, -0.2) is 42.0 Å². The largest absolute Gasteiger partial charge is 0.398 e. The summed E-state index contributed by atoms with van der Waals surface area (Å²) in [7, 11) is 0. The topological polar surface area (TPSA) is 32.5 Å². The fourth-order valence-electron chi connectivity index (χ4n) is 3.16. The average Bonchev–Trinajstić information content (AvgIpc) is 2.81. The van der Waals surface area contributed by atoms with E-state index in [1.807, 2.05) is 18.2 Å². The lowest BCUT2D eigenvalue weighted by Crippen LogP contribution is -2.49. The van der Waals surface area contributed by atoms with E-state index in [2.05, 4.69) is 9.80 Å². The zero-order chi connectivity index (χ0) is 12.5. The molecule has 2 saturated heterocycles. The van der Waals surface area contributed by atoms with E-state index in [0.717, 1.165) is 41.9 Å². The van der Waals surface area contributed by atoms with E-state index in [1.54, 1.807) is 0 Å². The van der Waals surface area contributed by atoms with Crippen molar-refractivity contribution in [2.24, 2.45) is 0 Å². The molecule has 2 fully saturated rings. The molecule has 1 atom stereocenters. The second-order valence-corrected chi connectivity index (χ2v) is 5.78. The molecule has 0 aliphatic carbocycles. The molecule has 1 unspecified atom stereocenters. The van der Waals surface area contributed by atoms with Gasteiger partial charge in [0.05, 0.1) is 0 Å². The first-order chi connectivity index (χ1) is 8.74. The van der Waals surface area contributed by atoms with Gasteiger partial charge >= 0.3 is 0 Å². The summed E-state index contributed by atoms with van der Waals surface area (Å²) >= 11 is 6.24. The summed E-state index contributed by atoms with van der Waals surface area (Å²) in [6, 6.07) is 6.53. The number of rotatable bonds is 2. The van der Waals surface area contributed by atoms with E-state index >= 15 is 0 Å². The van der Waals surface area contributed by atoms with E-state index in [0.29, 0.717) is 0 Å². The minimum absolute atomic E-state index is 0.752. The molecule has 4 heteroatoms. The number of nitrogens with two attached hydrogens (primary N) is 1. The van der Waals surface area contributed by atoms with Crippen LogP contribution < -0.4 is 5.73 Å². The van der Waals surface area contributed by atoms with Crippen LogP contribution >= 0.6 is 11.6 Å². The SMILES string of the molecule is Nc1cccc(Cl)c1CN1CCN2CCCC2C1. The third kappa shape index (κ3) is 2.35. The first-order valence-electron chi connectivity index (χ1n) is 6.73. The Morgan fingerprint density at radius 1 is 1.28 bits per heavy atom. The molecule has 0 bridgehead atoms. The molecule has 3 nitrogen and oxygen atoms in total. The number of fused-ring (bicyclic) bond motifs is 1. The summed E-state index contributed by atoms with van der Waals surface area (Å²) in [5.74, 6) is 0. The molecule has 2 aliphatic rings. The number of hydrogen-bond acceptors (Lipinski definition) is 3. The van der Waals surface area contributed by atoms with Crippen molar-refractivity contribution < 1.29 is 0 Å². The highest BCUT2D eigenvalue weighted by molar-refractivity contribution is 6.31. The first-order valence-corrected chi connectivity index (χ1v) is 7.11. The maximum absolute atomic E-state index is 6.24. The molecule has 0 radical (unpaired) electrons. The molecule has 3 rings (SSSR count). The van der Waals surface area contributed by atoms with Crippen LogP contribution in [0, 0.1) is 0 Å². The highest BCUT2D eigenvalue weighted by Gasteiger charge is 2.30. The quantitative estimate of drug-likeness (QED) is 0.833. The maximum atomic E-state index is 6.24. The van der Waals surface area contributed by atoms with Crippen molar-refractivity contribution in [2.75, 3.05) is 31.9 Å². The molecule has 98 valence electrons. The van der Waals surface area contributed by atoms with Crippen LogP contribution in [0.1, 0.15) is 18.4 Å². The normalized spacial score (nSPS) is 25.3. The minimum Gasteiger partial charge on any atom is -0.398 e. The van der Waals surface area contributed by atoms with Gasteiger partial charge in [-0.05, 0) is 31.5 Å². The molecule has 1 aromatic rings. The number of hydrogen-bond donors (Lipinski definition) is 1. The fourth-order valence-corrected chi connectivity index (χ4v) is 3.41. The highest BCUT2D eigenvalue weighted by atomic mass is 35.5. The lowest BCUT2D eigenvalue weighted by atomic mass is 10.1. The predicted molar refractivity (Wildman–Crippen MR) is 75.7 cm³/mol. The van der Waals surface area contributed by atoms with E-state index in [9.17, 15) is 0 Å². The minimum atomic E-state index is 0.752. The fraction of sp³-hybridized carbons (Fsp3) is 0.571. The molecule has 1 aromatic carbocycles. The second kappa shape index (κ2) is 5.08. The van der Waals surface area contributed by atoms with Gasteiger partial charge in [0.2, 0.25) is 0 Å². The number of halogens is 1. The van der Waals surface area contributed by atoms with Crippen molar-refractivity contribution in [3.05, 3.63) is 28.8 Å². The molecule has 18 heavy (non-hydrogen) atoms. The van der Waals surface area contributed by atoms with Gasteiger partial charge in [0.1, 0.15) is 0 Å². The zero-order valence-electron chi connectivity index (χ0n) is 10.6. The van der Waals surface area contributed by atoms with Gasteiger partial charge in [-0.25, -0.2) is 0 Å². The zero-order valence-corrected chi connectivity index (χ0v) is 11.4. The standard InChI is InChI=1S/C14H20ClN3/c15-13-4-1-5-14(16)12(13)10-17-7-8-18-6-2-3-11(18)9-17/h1,4-5,11H,2-3,6-10,16H2. The van der Waals surface area contributed by atoms with Gasteiger partial charge in [-0.15, -0.1) is 0 Å². The van der Waals surface area contributed by atoms with Crippen LogP contribution in [0.3, 0.4) is 0 Å².